The molecule has 0 unspecified atom stereocenters. The average molecular weight is 426 g/mol. The minimum atomic E-state index is -0.310. The Balaban J connectivity index is 1.45. The van der Waals surface area contributed by atoms with Crippen molar-refractivity contribution in [1.82, 2.24) is 9.97 Å². The van der Waals surface area contributed by atoms with Crippen molar-refractivity contribution in [2.45, 2.75) is 42.6 Å². The van der Waals surface area contributed by atoms with Crippen LogP contribution in [0.25, 0.3) is 0 Å². The molecule has 2 N–H and O–H groups in total. The molecule has 2 heterocycles. The highest BCUT2D eigenvalue weighted by molar-refractivity contribution is 7.98. The Labute approximate surface area is 178 Å². The van der Waals surface area contributed by atoms with Crippen molar-refractivity contribution in [3.8, 4) is 0 Å². The number of thiophene rings is 1. The second-order valence-corrected chi connectivity index (χ2v) is 9.35. The third-order valence-electron chi connectivity index (χ3n) is 5.16. The quantitative estimate of drug-likeness (QED) is 0.425. The van der Waals surface area contributed by atoms with Crippen LogP contribution in [0.2, 0.25) is 0 Å². The molecule has 5 nitrogen and oxygen atoms in total. The molecule has 0 bridgehead atoms. The van der Waals surface area contributed by atoms with Crippen LogP contribution in [0.15, 0.2) is 59.2 Å². The second kappa shape index (κ2) is 9.07. The topological polar surface area (TPSA) is 75.1 Å². The van der Waals surface area contributed by atoms with Gasteiger partial charge in [-0.2, -0.15) is 0 Å². The number of carbonyl (C=O) groups excluding carboxylic acids is 1. The average Bonchev–Trinajstić information content (AvgIpc) is 3.33. The van der Waals surface area contributed by atoms with Gasteiger partial charge in [0.25, 0.3) is 0 Å². The van der Waals surface area contributed by atoms with Crippen LogP contribution in [0.1, 0.15) is 40.6 Å². The highest BCUT2D eigenvalue weighted by Gasteiger charge is 2.30. The first-order valence-electron chi connectivity index (χ1n) is 9.64. The van der Waals surface area contributed by atoms with Crippen LogP contribution in [0.5, 0.6) is 0 Å². The monoisotopic (exact) mass is 425 g/mol. The summed E-state index contributed by atoms with van der Waals surface area (Å²) in [5.74, 6) is 1.54. The van der Waals surface area contributed by atoms with E-state index in [4.69, 9.17) is 0 Å². The first-order valence-corrected chi connectivity index (χ1v) is 11.5. The fraction of sp³-hybridized carbons (Fsp3) is 0.318. The number of aliphatic hydroxyl groups is 1. The maximum atomic E-state index is 13.1. The summed E-state index contributed by atoms with van der Waals surface area (Å²) in [4.78, 5) is 23.3. The number of thioether (sulfide) groups is 1. The molecule has 7 heteroatoms. The lowest BCUT2D eigenvalue weighted by Crippen LogP contribution is -2.20. The standard InChI is InChI=1S/C22H23N3O2S2/c1-14-7-16(9-19(14)26)25-22-18(10-23-13-24-22)21(27)20-8-15(12-29-20)11-28-17-5-3-2-4-6-17/h2-6,8,10,12-14,16,19,26H,7,9,11H2,1H3,(H,23,24,25)/t14-,16-,19+/m1/s1. The molecule has 0 saturated heterocycles. The molecule has 0 spiro atoms. The number of nitrogens with zero attached hydrogens (tertiary/aromatic N) is 2. The Morgan fingerprint density at radius 1 is 1.31 bits per heavy atom. The predicted octanol–water partition coefficient (Wildman–Crippen LogP) is 4.63. The molecule has 3 atom stereocenters. The Morgan fingerprint density at radius 3 is 2.90 bits per heavy atom. The highest BCUT2D eigenvalue weighted by Crippen LogP contribution is 2.30. The molecule has 0 aliphatic heterocycles. The van der Waals surface area contributed by atoms with Crippen LogP contribution in [0.4, 0.5) is 5.82 Å². The lowest BCUT2D eigenvalue weighted by atomic mass is 10.1. The smallest absolute Gasteiger partial charge is 0.208 e. The van der Waals surface area contributed by atoms with Crippen LogP contribution in [-0.4, -0.2) is 33.0 Å². The summed E-state index contributed by atoms with van der Waals surface area (Å²) in [6.07, 6.45) is 4.24. The molecule has 150 valence electrons. The van der Waals surface area contributed by atoms with Crippen LogP contribution in [0.3, 0.4) is 0 Å². The van der Waals surface area contributed by atoms with Gasteiger partial charge in [-0.3, -0.25) is 4.79 Å². The number of ketones is 1. The normalized spacial score (nSPS) is 21.2. The zero-order valence-electron chi connectivity index (χ0n) is 16.1. The minimum Gasteiger partial charge on any atom is -0.393 e. The van der Waals surface area contributed by atoms with Crippen LogP contribution < -0.4 is 5.32 Å². The number of carbonyl (C=O) groups is 1. The fourth-order valence-corrected chi connectivity index (χ4v) is 5.36. The highest BCUT2D eigenvalue weighted by atomic mass is 32.2. The van der Waals surface area contributed by atoms with Gasteiger partial charge in [0, 0.05) is 22.9 Å². The van der Waals surface area contributed by atoms with E-state index in [1.54, 1.807) is 18.0 Å². The Hall–Kier alpha value is -2.22. The molecule has 1 aliphatic carbocycles. The Bertz CT molecular complexity index is 967. The number of hydrogen-bond acceptors (Lipinski definition) is 7. The molecule has 2 aromatic heterocycles. The van der Waals surface area contributed by atoms with Crippen LogP contribution in [-0.2, 0) is 5.75 Å². The van der Waals surface area contributed by atoms with Crippen molar-refractivity contribution >= 4 is 34.7 Å². The third kappa shape index (κ3) is 4.86. The molecule has 1 saturated carbocycles. The summed E-state index contributed by atoms with van der Waals surface area (Å²) < 4.78 is 0. The van der Waals surface area contributed by atoms with Gasteiger partial charge in [0.15, 0.2) is 0 Å². The molecule has 0 amide bonds. The van der Waals surface area contributed by atoms with Gasteiger partial charge in [0.05, 0.1) is 16.5 Å². The molecule has 1 aliphatic rings. The largest absolute Gasteiger partial charge is 0.393 e. The van der Waals surface area contributed by atoms with E-state index in [0.717, 1.165) is 17.7 Å². The molecule has 1 fully saturated rings. The van der Waals surface area contributed by atoms with Gasteiger partial charge in [-0.25, -0.2) is 9.97 Å². The molecule has 1 aromatic carbocycles. The number of benzene rings is 1. The van der Waals surface area contributed by atoms with Crippen molar-refractivity contribution in [3.63, 3.8) is 0 Å². The van der Waals surface area contributed by atoms with E-state index in [9.17, 15) is 9.90 Å². The van der Waals surface area contributed by atoms with Gasteiger partial charge in [-0.05, 0) is 47.9 Å². The lowest BCUT2D eigenvalue weighted by molar-refractivity contribution is 0.104. The van der Waals surface area contributed by atoms with E-state index in [1.165, 1.54) is 22.6 Å². The van der Waals surface area contributed by atoms with E-state index in [-0.39, 0.29) is 23.8 Å². The molecular weight excluding hydrogens is 402 g/mol. The lowest BCUT2D eigenvalue weighted by Gasteiger charge is -2.15. The number of anilines is 1. The van der Waals surface area contributed by atoms with Gasteiger partial charge >= 0.3 is 0 Å². The number of rotatable bonds is 7. The molecule has 3 aromatic rings. The second-order valence-electron chi connectivity index (χ2n) is 7.39. The zero-order chi connectivity index (χ0) is 20.2. The Morgan fingerprint density at radius 2 is 2.14 bits per heavy atom. The van der Waals surface area contributed by atoms with Crippen molar-refractivity contribution in [2.75, 3.05) is 5.32 Å². The van der Waals surface area contributed by atoms with E-state index >= 15 is 0 Å². The number of aromatic nitrogens is 2. The fourth-order valence-electron chi connectivity index (χ4n) is 3.53. The zero-order valence-corrected chi connectivity index (χ0v) is 17.7. The first kappa shape index (κ1) is 20.1. The molecule has 29 heavy (non-hydrogen) atoms. The van der Waals surface area contributed by atoms with Gasteiger partial charge in [0.1, 0.15) is 12.1 Å². The summed E-state index contributed by atoms with van der Waals surface area (Å²) in [5.41, 5.74) is 1.61. The van der Waals surface area contributed by atoms with Gasteiger partial charge < -0.3 is 10.4 Å². The van der Waals surface area contributed by atoms with Crippen molar-refractivity contribution < 1.29 is 9.90 Å². The molecule has 0 radical (unpaired) electrons. The SMILES string of the molecule is C[C@@H]1C[C@@H](Nc2ncncc2C(=O)c2cc(CSc3ccccc3)cs2)C[C@@H]1O. The van der Waals surface area contributed by atoms with Gasteiger partial charge in [0.2, 0.25) is 5.78 Å². The number of hydrogen-bond donors (Lipinski definition) is 2. The van der Waals surface area contributed by atoms with E-state index in [2.05, 4.69) is 27.4 Å². The first-order chi connectivity index (χ1) is 14.1. The van der Waals surface area contributed by atoms with Gasteiger partial charge in [-0.15, -0.1) is 23.1 Å². The molecular formula is C22H23N3O2S2. The van der Waals surface area contributed by atoms with Crippen molar-refractivity contribution in [1.29, 1.82) is 0 Å². The van der Waals surface area contributed by atoms with E-state index < -0.39 is 0 Å². The predicted molar refractivity (Wildman–Crippen MR) is 118 cm³/mol. The Kier molecular flexibility index (Phi) is 6.28. The third-order valence-corrected chi connectivity index (χ3v) is 7.22. The van der Waals surface area contributed by atoms with Gasteiger partial charge in [-0.1, -0.05) is 25.1 Å². The summed E-state index contributed by atoms with van der Waals surface area (Å²) in [5, 5.41) is 15.4. The summed E-state index contributed by atoms with van der Waals surface area (Å²) in [6, 6.07) is 12.3. The van der Waals surface area contributed by atoms with Crippen LogP contribution >= 0.6 is 23.1 Å². The summed E-state index contributed by atoms with van der Waals surface area (Å²) in [6.45, 7) is 2.04. The van der Waals surface area contributed by atoms with E-state index in [1.807, 2.05) is 36.6 Å². The molecule has 4 rings (SSSR count). The van der Waals surface area contributed by atoms with Crippen molar-refractivity contribution in [3.05, 3.63) is 70.3 Å². The maximum Gasteiger partial charge on any atom is 0.208 e. The maximum absolute atomic E-state index is 13.1. The summed E-state index contributed by atoms with van der Waals surface area (Å²) in [7, 11) is 0. The van der Waals surface area contributed by atoms with E-state index in [0.29, 0.717) is 22.7 Å². The summed E-state index contributed by atoms with van der Waals surface area (Å²) >= 11 is 3.21. The van der Waals surface area contributed by atoms with Crippen LogP contribution in [0, 0.1) is 5.92 Å². The minimum absolute atomic E-state index is 0.0688. The van der Waals surface area contributed by atoms with Crippen molar-refractivity contribution in [2.24, 2.45) is 5.92 Å². The number of aliphatic hydroxyl groups excluding tert-OH is 1. The number of nitrogens with one attached hydrogen (secondary N) is 1.